The van der Waals surface area contributed by atoms with Crippen molar-refractivity contribution < 1.29 is 9.90 Å². The highest BCUT2D eigenvalue weighted by Gasteiger charge is 2.22. The van der Waals surface area contributed by atoms with Gasteiger partial charge in [-0.3, -0.25) is 9.36 Å². The third-order valence-electron chi connectivity index (χ3n) is 3.68. The Morgan fingerprint density at radius 1 is 1.47 bits per heavy atom. The molecule has 1 atom stereocenters. The summed E-state index contributed by atoms with van der Waals surface area (Å²) in [6.45, 7) is 1.50. The van der Waals surface area contributed by atoms with Crippen LogP contribution in [0.1, 0.15) is 36.2 Å². The van der Waals surface area contributed by atoms with Gasteiger partial charge in [0.1, 0.15) is 10.9 Å². The first-order valence-electron chi connectivity index (χ1n) is 6.34. The molecule has 3 rings (SSSR count). The molecular weight excluding hydrogens is 264 g/mol. The number of carboxylic acids is 1. The highest BCUT2D eigenvalue weighted by molar-refractivity contribution is 7.18. The molecule has 0 saturated heterocycles. The van der Waals surface area contributed by atoms with E-state index in [4.69, 9.17) is 5.11 Å². The molecule has 1 aliphatic rings. The Morgan fingerprint density at radius 2 is 2.21 bits per heavy atom. The van der Waals surface area contributed by atoms with Crippen molar-refractivity contribution in [3.63, 3.8) is 0 Å². The number of hydrogen-bond acceptors (Lipinski definition) is 4. The first-order chi connectivity index (χ1) is 9.09. The number of nitrogens with zero attached hydrogens (tertiary/aromatic N) is 2. The number of carboxylic acid groups (broad SMARTS) is 1. The molecule has 100 valence electrons. The summed E-state index contributed by atoms with van der Waals surface area (Å²) < 4.78 is 1.21. The van der Waals surface area contributed by atoms with E-state index < -0.39 is 12.0 Å². The van der Waals surface area contributed by atoms with Crippen LogP contribution < -0.4 is 5.56 Å². The van der Waals surface area contributed by atoms with Gasteiger partial charge in [-0.25, -0.2) is 9.78 Å². The molecule has 0 amide bonds. The molecule has 0 bridgehead atoms. The normalized spacial score (nSPS) is 16.3. The Hall–Kier alpha value is -1.69. The number of aliphatic carboxylic acids is 1. The summed E-state index contributed by atoms with van der Waals surface area (Å²) in [6, 6.07) is -0.886. The third-order valence-corrected chi connectivity index (χ3v) is 4.87. The Kier molecular flexibility index (Phi) is 2.89. The molecule has 1 N–H and O–H groups in total. The van der Waals surface area contributed by atoms with Crippen molar-refractivity contribution in [2.45, 2.75) is 38.6 Å². The molecule has 2 aromatic rings. The van der Waals surface area contributed by atoms with Gasteiger partial charge in [0.25, 0.3) is 5.56 Å². The molecule has 1 aliphatic carbocycles. The highest BCUT2D eigenvalue weighted by atomic mass is 32.1. The topological polar surface area (TPSA) is 72.2 Å². The Morgan fingerprint density at radius 3 is 2.95 bits per heavy atom. The summed E-state index contributed by atoms with van der Waals surface area (Å²) in [5, 5.41) is 9.67. The second kappa shape index (κ2) is 4.45. The number of aromatic nitrogens is 2. The van der Waals surface area contributed by atoms with Gasteiger partial charge in [0, 0.05) is 4.88 Å². The van der Waals surface area contributed by atoms with E-state index in [0.29, 0.717) is 5.39 Å². The van der Waals surface area contributed by atoms with Gasteiger partial charge in [0.05, 0.1) is 11.7 Å². The lowest BCUT2D eigenvalue weighted by molar-refractivity contribution is -0.140. The number of aryl methyl sites for hydroxylation is 2. The molecule has 0 saturated carbocycles. The van der Waals surface area contributed by atoms with Crippen LogP contribution in [0.3, 0.4) is 0 Å². The van der Waals surface area contributed by atoms with Crippen LogP contribution in [0.2, 0.25) is 0 Å². The lowest BCUT2D eigenvalue weighted by Gasteiger charge is -2.12. The molecule has 5 nitrogen and oxygen atoms in total. The maximum Gasteiger partial charge on any atom is 0.326 e. The minimum absolute atomic E-state index is 0.223. The lowest BCUT2D eigenvalue weighted by Crippen LogP contribution is -2.28. The van der Waals surface area contributed by atoms with E-state index in [1.807, 2.05) is 0 Å². The molecule has 2 heterocycles. The van der Waals surface area contributed by atoms with E-state index in [1.54, 1.807) is 11.3 Å². The Bertz CT molecular complexity index is 716. The van der Waals surface area contributed by atoms with Crippen molar-refractivity contribution in [1.82, 2.24) is 9.55 Å². The fourth-order valence-electron chi connectivity index (χ4n) is 2.55. The summed E-state index contributed by atoms with van der Waals surface area (Å²) in [7, 11) is 0. The van der Waals surface area contributed by atoms with Crippen LogP contribution in [-0.2, 0) is 17.6 Å². The number of rotatable bonds is 2. The van der Waals surface area contributed by atoms with Crippen LogP contribution in [0.15, 0.2) is 11.1 Å². The molecular formula is C13H14N2O3S. The summed E-state index contributed by atoms with van der Waals surface area (Å²) in [5.41, 5.74) is 0.870. The van der Waals surface area contributed by atoms with Crippen LogP contribution in [-0.4, -0.2) is 20.6 Å². The predicted octanol–water partition coefficient (Wildman–Crippen LogP) is 1.98. The van der Waals surface area contributed by atoms with Gasteiger partial charge < -0.3 is 5.11 Å². The van der Waals surface area contributed by atoms with Crippen molar-refractivity contribution in [2.75, 3.05) is 0 Å². The van der Waals surface area contributed by atoms with E-state index in [9.17, 15) is 9.59 Å². The van der Waals surface area contributed by atoms with Crippen molar-refractivity contribution in [2.24, 2.45) is 0 Å². The number of fused-ring (bicyclic) bond motifs is 3. The van der Waals surface area contributed by atoms with Gasteiger partial charge in [0.15, 0.2) is 0 Å². The van der Waals surface area contributed by atoms with Crippen LogP contribution in [0.5, 0.6) is 0 Å². The number of thiophene rings is 1. The zero-order valence-electron chi connectivity index (χ0n) is 10.5. The van der Waals surface area contributed by atoms with Crippen LogP contribution >= 0.6 is 11.3 Å². The number of carbonyl (C=O) groups is 1. The fraction of sp³-hybridized carbons (Fsp3) is 0.462. The quantitative estimate of drug-likeness (QED) is 0.911. The predicted molar refractivity (Wildman–Crippen MR) is 72.9 cm³/mol. The van der Waals surface area contributed by atoms with Crippen molar-refractivity contribution >= 4 is 27.5 Å². The van der Waals surface area contributed by atoms with Gasteiger partial charge >= 0.3 is 5.97 Å². The summed E-state index contributed by atoms with van der Waals surface area (Å²) >= 11 is 1.57. The first kappa shape index (κ1) is 12.3. The van der Waals surface area contributed by atoms with Gasteiger partial charge in [-0.15, -0.1) is 11.3 Å². The van der Waals surface area contributed by atoms with E-state index in [1.165, 1.54) is 22.7 Å². The largest absolute Gasteiger partial charge is 0.480 e. The maximum absolute atomic E-state index is 12.5. The average molecular weight is 278 g/mol. The number of hydrogen-bond donors (Lipinski definition) is 1. The molecule has 0 aromatic carbocycles. The summed E-state index contributed by atoms with van der Waals surface area (Å²) in [4.78, 5) is 29.8. The third kappa shape index (κ3) is 1.87. The van der Waals surface area contributed by atoms with Gasteiger partial charge in [-0.2, -0.15) is 0 Å². The highest BCUT2D eigenvalue weighted by Crippen LogP contribution is 2.33. The minimum Gasteiger partial charge on any atom is -0.480 e. The zero-order valence-corrected chi connectivity index (χ0v) is 11.4. The van der Waals surface area contributed by atoms with E-state index in [-0.39, 0.29) is 5.56 Å². The Balaban J connectivity index is 2.26. The summed E-state index contributed by atoms with van der Waals surface area (Å²) in [6.07, 6.45) is 5.49. The van der Waals surface area contributed by atoms with E-state index >= 15 is 0 Å². The molecule has 0 aliphatic heterocycles. The van der Waals surface area contributed by atoms with Crippen LogP contribution in [0, 0.1) is 0 Å². The van der Waals surface area contributed by atoms with Crippen molar-refractivity contribution in [3.05, 3.63) is 27.1 Å². The molecule has 0 radical (unpaired) electrons. The van der Waals surface area contributed by atoms with Crippen LogP contribution in [0.25, 0.3) is 10.2 Å². The SMILES string of the molecule is C[C@H](C(=O)O)n1cnc2sc3c(c2c1=O)CCCC3. The monoisotopic (exact) mass is 278 g/mol. The first-order valence-corrected chi connectivity index (χ1v) is 7.15. The molecule has 0 spiro atoms. The van der Waals surface area contributed by atoms with Gasteiger partial charge in [0.2, 0.25) is 0 Å². The van der Waals surface area contributed by atoms with Crippen LogP contribution in [0.4, 0.5) is 0 Å². The lowest BCUT2D eigenvalue weighted by atomic mass is 9.97. The molecule has 6 heteroatoms. The molecule has 19 heavy (non-hydrogen) atoms. The standard InChI is InChI=1S/C13H14N2O3S/c1-7(13(17)18)15-6-14-11-10(12(15)16)8-4-2-3-5-9(8)19-11/h6-7H,2-5H2,1H3,(H,17,18)/t7-/m1/s1. The second-order valence-corrected chi connectivity index (χ2v) is 5.95. The molecule has 0 fully saturated rings. The van der Waals surface area contributed by atoms with Gasteiger partial charge in [-0.1, -0.05) is 0 Å². The fourth-order valence-corrected chi connectivity index (χ4v) is 3.77. The van der Waals surface area contributed by atoms with Crippen molar-refractivity contribution in [3.8, 4) is 0 Å². The van der Waals surface area contributed by atoms with Crippen molar-refractivity contribution in [1.29, 1.82) is 0 Å². The van der Waals surface area contributed by atoms with Gasteiger partial charge in [-0.05, 0) is 38.2 Å². The van der Waals surface area contributed by atoms with E-state index in [2.05, 4.69) is 4.98 Å². The smallest absolute Gasteiger partial charge is 0.326 e. The average Bonchev–Trinajstić information content (AvgIpc) is 2.77. The maximum atomic E-state index is 12.5. The second-order valence-electron chi connectivity index (χ2n) is 4.86. The summed E-state index contributed by atoms with van der Waals surface area (Å²) in [5.74, 6) is -1.02. The van der Waals surface area contributed by atoms with E-state index in [0.717, 1.165) is 36.1 Å². The molecule has 0 unspecified atom stereocenters. The Labute approximate surface area is 113 Å². The minimum atomic E-state index is -1.02. The zero-order chi connectivity index (χ0) is 13.6. The molecule has 2 aromatic heterocycles.